The normalized spacial score (nSPS) is 14.6. The average Bonchev–Trinajstić information content (AvgIpc) is 3.14. The molecule has 1 aromatic carbocycles. The predicted molar refractivity (Wildman–Crippen MR) is 81.1 cm³/mol. The van der Waals surface area contributed by atoms with Crippen LogP contribution in [0.5, 0.6) is 0 Å². The second-order valence-corrected chi connectivity index (χ2v) is 6.00. The third kappa shape index (κ3) is 3.19. The van der Waals surface area contributed by atoms with E-state index < -0.39 is 0 Å². The summed E-state index contributed by atoms with van der Waals surface area (Å²) < 4.78 is 5.53. The molecular formula is C15H15N3O3S. The van der Waals surface area contributed by atoms with Gasteiger partial charge in [-0.25, -0.2) is 0 Å². The Morgan fingerprint density at radius 3 is 2.77 bits per heavy atom. The van der Waals surface area contributed by atoms with Crippen LogP contribution in [0.1, 0.15) is 18.4 Å². The fourth-order valence-electron chi connectivity index (χ4n) is 2.19. The number of rotatable bonds is 4. The van der Waals surface area contributed by atoms with Crippen LogP contribution in [0.25, 0.3) is 11.5 Å². The number of aryl methyl sites for hydroxylation is 1. The molecule has 2 aromatic rings. The van der Waals surface area contributed by atoms with Crippen LogP contribution < -0.4 is 0 Å². The van der Waals surface area contributed by atoms with Crippen molar-refractivity contribution >= 4 is 23.6 Å². The summed E-state index contributed by atoms with van der Waals surface area (Å²) in [7, 11) is 0. The van der Waals surface area contributed by atoms with E-state index in [1.807, 2.05) is 31.2 Å². The first-order chi connectivity index (χ1) is 10.6. The van der Waals surface area contributed by atoms with Gasteiger partial charge in [0.05, 0.1) is 5.75 Å². The number of aromatic nitrogens is 2. The molecule has 0 N–H and O–H groups in total. The molecule has 0 saturated carbocycles. The van der Waals surface area contributed by atoms with Gasteiger partial charge in [0.1, 0.15) is 0 Å². The zero-order valence-corrected chi connectivity index (χ0v) is 12.9. The third-order valence-electron chi connectivity index (χ3n) is 3.40. The molecule has 2 heterocycles. The van der Waals surface area contributed by atoms with Gasteiger partial charge in [0.2, 0.25) is 17.7 Å². The molecule has 1 fully saturated rings. The molecule has 114 valence electrons. The molecule has 0 bridgehead atoms. The summed E-state index contributed by atoms with van der Waals surface area (Å²) in [6.45, 7) is 2.51. The minimum Gasteiger partial charge on any atom is -0.411 e. The Balaban J connectivity index is 1.61. The van der Waals surface area contributed by atoms with Crippen molar-refractivity contribution in [2.24, 2.45) is 0 Å². The first-order valence-corrected chi connectivity index (χ1v) is 7.98. The Morgan fingerprint density at radius 1 is 1.32 bits per heavy atom. The van der Waals surface area contributed by atoms with E-state index in [0.29, 0.717) is 24.1 Å². The third-order valence-corrected chi connectivity index (χ3v) is 4.20. The smallest absolute Gasteiger partial charge is 0.277 e. The molecule has 3 rings (SSSR count). The first kappa shape index (κ1) is 14.8. The summed E-state index contributed by atoms with van der Waals surface area (Å²) in [6.07, 6.45) is 1.20. The lowest BCUT2D eigenvalue weighted by Gasteiger charge is -2.11. The van der Waals surface area contributed by atoms with Gasteiger partial charge in [-0.3, -0.25) is 14.5 Å². The highest BCUT2D eigenvalue weighted by Gasteiger charge is 2.26. The van der Waals surface area contributed by atoms with Crippen LogP contribution in [0.3, 0.4) is 0 Å². The molecule has 2 amide bonds. The molecule has 1 aliphatic heterocycles. The quantitative estimate of drug-likeness (QED) is 0.805. The lowest BCUT2D eigenvalue weighted by molar-refractivity contribution is -0.140. The molecule has 1 aliphatic rings. The van der Waals surface area contributed by atoms with Crippen molar-refractivity contribution < 1.29 is 14.0 Å². The maximum atomic E-state index is 11.9. The second kappa shape index (κ2) is 6.31. The van der Waals surface area contributed by atoms with Crippen molar-refractivity contribution in [2.75, 3.05) is 12.3 Å². The Hall–Kier alpha value is -2.15. The molecule has 1 aromatic heterocycles. The van der Waals surface area contributed by atoms with Gasteiger partial charge in [0.25, 0.3) is 5.22 Å². The van der Waals surface area contributed by atoms with Crippen LogP contribution in [-0.2, 0) is 9.59 Å². The number of carbonyl (C=O) groups excluding carboxylic acids is 2. The van der Waals surface area contributed by atoms with E-state index in [-0.39, 0.29) is 17.6 Å². The van der Waals surface area contributed by atoms with Crippen LogP contribution in [0.15, 0.2) is 33.9 Å². The van der Waals surface area contributed by atoms with E-state index in [1.165, 1.54) is 4.90 Å². The fourth-order valence-corrected chi connectivity index (χ4v) is 2.83. The van der Waals surface area contributed by atoms with Crippen LogP contribution >= 0.6 is 11.8 Å². The van der Waals surface area contributed by atoms with E-state index in [0.717, 1.165) is 29.3 Å². The van der Waals surface area contributed by atoms with E-state index >= 15 is 0 Å². The Kier molecular flexibility index (Phi) is 4.24. The van der Waals surface area contributed by atoms with Crippen molar-refractivity contribution in [3.63, 3.8) is 0 Å². The molecular weight excluding hydrogens is 302 g/mol. The number of benzene rings is 1. The van der Waals surface area contributed by atoms with Gasteiger partial charge in [-0.1, -0.05) is 29.5 Å². The van der Waals surface area contributed by atoms with Crippen molar-refractivity contribution in [3.8, 4) is 11.5 Å². The van der Waals surface area contributed by atoms with Crippen molar-refractivity contribution in [1.82, 2.24) is 15.1 Å². The summed E-state index contributed by atoms with van der Waals surface area (Å²) in [5.41, 5.74) is 1.99. The molecule has 0 radical (unpaired) electrons. The molecule has 0 unspecified atom stereocenters. The number of nitrogens with zero attached hydrogens (tertiary/aromatic N) is 3. The number of imide groups is 1. The van der Waals surface area contributed by atoms with E-state index in [2.05, 4.69) is 10.2 Å². The first-order valence-electron chi connectivity index (χ1n) is 7.00. The average molecular weight is 317 g/mol. The molecule has 1 saturated heterocycles. The number of thioether (sulfide) groups is 1. The monoisotopic (exact) mass is 317 g/mol. The minimum atomic E-state index is -0.206. The van der Waals surface area contributed by atoms with Gasteiger partial charge >= 0.3 is 0 Å². The van der Waals surface area contributed by atoms with Crippen LogP contribution in [0.4, 0.5) is 0 Å². The zero-order chi connectivity index (χ0) is 15.5. The van der Waals surface area contributed by atoms with Crippen LogP contribution in [-0.4, -0.2) is 39.2 Å². The lowest BCUT2D eigenvalue weighted by Crippen LogP contribution is -2.33. The van der Waals surface area contributed by atoms with Crippen molar-refractivity contribution in [1.29, 1.82) is 0 Å². The summed E-state index contributed by atoms with van der Waals surface area (Å²) in [5, 5.41) is 8.23. The van der Waals surface area contributed by atoms with Gasteiger partial charge in [-0.15, -0.1) is 10.2 Å². The standard InChI is InChI=1S/C15H15N3O3S/c1-10-4-6-11(7-5-10)14-16-17-15(21-14)22-9-13(20)18-8-2-3-12(18)19/h4-7H,2-3,8-9H2,1H3. The molecule has 0 aliphatic carbocycles. The Labute approximate surface area is 131 Å². The highest BCUT2D eigenvalue weighted by Crippen LogP contribution is 2.24. The predicted octanol–water partition coefficient (Wildman–Crippen LogP) is 2.29. The highest BCUT2D eigenvalue weighted by molar-refractivity contribution is 7.99. The van der Waals surface area contributed by atoms with Crippen molar-refractivity contribution in [2.45, 2.75) is 25.0 Å². The highest BCUT2D eigenvalue weighted by atomic mass is 32.2. The zero-order valence-electron chi connectivity index (χ0n) is 12.1. The van der Waals surface area contributed by atoms with E-state index in [1.54, 1.807) is 0 Å². The van der Waals surface area contributed by atoms with Gasteiger partial charge < -0.3 is 4.42 Å². The molecule has 0 atom stereocenters. The number of hydrogen-bond acceptors (Lipinski definition) is 6. The maximum Gasteiger partial charge on any atom is 0.277 e. The summed E-state index contributed by atoms with van der Waals surface area (Å²) in [5.74, 6) is 0.243. The fraction of sp³-hybridized carbons (Fsp3) is 0.333. The topological polar surface area (TPSA) is 76.3 Å². The van der Waals surface area contributed by atoms with Gasteiger partial charge in [-0.05, 0) is 25.5 Å². The largest absolute Gasteiger partial charge is 0.411 e. The number of likely N-dealkylation sites (tertiary alicyclic amines) is 1. The summed E-state index contributed by atoms with van der Waals surface area (Å²) in [4.78, 5) is 24.7. The molecule has 6 nitrogen and oxygen atoms in total. The maximum absolute atomic E-state index is 11.9. The van der Waals surface area contributed by atoms with Gasteiger partial charge in [-0.2, -0.15) is 0 Å². The lowest BCUT2D eigenvalue weighted by atomic mass is 10.1. The molecule has 7 heteroatoms. The van der Waals surface area contributed by atoms with Gasteiger partial charge in [0.15, 0.2) is 0 Å². The van der Waals surface area contributed by atoms with E-state index in [4.69, 9.17) is 4.42 Å². The van der Waals surface area contributed by atoms with Gasteiger partial charge in [0, 0.05) is 18.5 Å². The Morgan fingerprint density at radius 2 is 2.09 bits per heavy atom. The molecule has 22 heavy (non-hydrogen) atoms. The number of carbonyl (C=O) groups is 2. The number of amides is 2. The van der Waals surface area contributed by atoms with Crippen molar-refractivity contribution in [3.05, 3.63) is 29.8 Å². The van der Waals surface area contributed by atoms with Crippen LogP contribution in [0, 0.1) is 6.92 Å². The SMILES string of the molecule is Cc1ccc(-c2nnc(SCC(=O)N3CCCC3=O)o2)cc1. The molecule has 0 spiro atoms. The number of hydrogen-bond donors (Lipinski definition) is 0. The second-order valence-electron chi connectivity index (χ2n) is 5.07. The summed E-state index contributed by atoms with van der Waals surface area (Å²) >= 11 is 1.15. The van der Waals surface area contributed by atoms with Crippen LogP contribution in [0.2, 0.25) is 0 Å². The minimum absolute atomic E-state index is 0.100. The van der Waals surface area contributed by atoms with E-state index in [9.17, 15) is 9.59 Å². The summed E-state index contributed by atoms with van der Waals surface area (Å²) in [6, 6.07) is 7.75. The Bertz CT molecular complexity index is 696.